The summed E-state index contributed by atoms with van der Waals surface area (Å²) >= 11 is 0. The maximum Gasteiger partial charge on any atom is 0.224 e. The predicted octanol–water partition coefficient (Wildman–Crippen LogP) is 3.39. The van der Waals surface area contributed by atoms with Gasteiger partial charge in [-0.25, -0.2) is 0 Å². The van der Waals surface area contributed by atoms with Crippen molar-refractivity contribution in [3.63, 3.8) is 0 Å². The summed E-state index contributed by atoms with van der Waals surface area (Å²) in [5.74, 6) is 0.990. The minimum atomic E-state index is 0.0888. The molecule has 1 heterocycles. The van der Waals surface area contributed by atoms with Crippen LogP contribution in [-0.2, 0) is 11.3 Å². The molecule has 2 aromatic rings. The van der Waals surface area contributed by atoms with Crippen molar-refractivity contribution in [2.45, 2.75) is 26.4 Å². The van der Waals surface area contributed by atoms with Crippen LogP contribution in [-0.4, -0.2) is 50.6 Å². The molecule has 1 amide bonds. The van der Waals surface area contributed by atoms with Crippen LogP contribution in [0.4, 0.5) is 11.4 Å². The molecule has 1 unspecified atom stereocenters. The van der Waals surface area contributed by atoms with Crippen molar-refractivity contribution in [3.8, 4) is 5.75 Å². The molecule has 1 aliphatic heterocycles. The number of likely N-dealkylation sites (N-methyl/N-ethyl adjacent to an activating group) is 1. The first-order valence-corrected chi connectivity index (χ1v) is 9.46. The molecule has 0 fully saturated rings. The van der Waals surface area contributed by atoms with Crippen molar-refractivity contribution < 1.29 is 9.53 Å². The Hall–Kier alpha value is -2.53. The number of benzene rings is 2. The van der Waals surface area contributed by atoms with Gasteiger partial charge in [0.05, 0.1) is 17.4 Å². The topological polar surface area (TPSA) is 36.0 Å². The van der Waals surface area contributed by atoms with Crippen molar-refractivity contribution in [2.24, 2.45) is 0 Å². The minimum absolute atomic E-state index is 0.0888. The SMILES string of the molecule is CC(=O)N1c2ccccc2N(Cc2cccc(OCCN(C)C)c2)CC1C. The number of carbonyl (C=O) groups is 1. The van der Waals surface area contributed by atoms with Crippen LogP contribution in [0.3, 0.4) is 0 Å². The average molecular weight is 367 g/mol. The van der Waals surface area contributed by atoms with E-state index in [1.807, 2.05) is 49.3 Å². The maximum atomic E-state index is 12.1. The molecule has 1 aliphatic rings. The first-order chi connectivity index (χ1) is 13.0. The monoisotopic (exact) mass is 367 g/mol. The van der Waals surface area contributed by atoms with Gasteiger partial charge in [-0.15, -0.1) is 0 Å². The Morgan fingerprint density at radius 2 is 1.89 bits per heavy atom. The summed E-state index contributed by atoms with van der Waals surface area (Å²) in [6.45, 7) is 6.90. The highest BCUT2D eigenvalue weighted by atomic mass is 16.5. The standard InChI is InChI=1S/C22H29N3O2/c1-17-15-24(21-10-5-6-11-22(21)25(17)18(2)26)16-19-8-7-9-20(14-19)27-13-12-23(3)4/h5-11,14,17H,12-13,15-16H2,1-4H3. The van der Waals surface area contributed by atoms with Crippen LogP contribution in [0.25, 0.3) is 0 Å². The number of hydrogen-bond acceptors (Lipinski definition) is 4. The molecular formula is C22H29N3O2. The molecule has 0 N–H and O–H groups in total. The summed E-state index contributed by atoms with van der Waals surface area (Å²) in [5, 5.41) is 0. The molecule has 0 bridgehead atoms. The third-order valence-corrected chi connectivity index (χ3v) is 4.83. The predicted molar refractivity (Wildman–Crippen MR) is 111 cm³/mol. The Bertz CT molecular complexity index is 791. The fraction of sp³-hybridized carbons (Fsp3) is 0.409. The molecule has 2 aromatic carbocycles. The highest BCUT2D eigenvalue weighted by molar-refractivity contribution is 5.97. The first kappa shape index (κ1) is 19.2. The van der Waals surface area contributed by atoms with E-state index >= 15 is 0 Å². The zero-order valence-corrected chi connectivity index (χ0v) is 16.7. The molecule has 0 radical (unpaired) electrons. The molecule has 27 heavy (non-hydrogen) atoms. The van der Waals surface area contributed by atoms with Gasteiger partial charge in [-0.1, -0.05) is 24.3 Å². The molecule has 0 spiro atoms. The Morgan fingerprint density at radius 1 is 1.15 bits per heavy atom. The lowest BCUT2D eigenvalue weighted by Gasteiger charge is -2.41. The number of amides is 1. The minimum Gasteiger partial charge on any atom is -0.492 e. The molecule has 0 aliphatic carbocycles. The van der Waals surface area contributed by atoms with Crippen LogP contribution in [0.2, 0.25) is 0 Å². The Labute approximate surface area is 162 Å². The number of hydrogen-bond donors (Lipinski definition) is 0. The van der Waals surface area contributed by atoms with Crippen LogP contribution in [0.1, 0.15) is 19.4 Å². The van der Waals surface area contributed by atoms with E-state index in [0.717, 1.165) is 36.8 Å². The van der Waals surface area contributed by atoms with Crippen molar-refractivity contribution in [2.75, 3.05) is 43.6 Å². The van der Waals surface area contributed by atoms with Crippen LogP contribution < -0.4 is 14.5 Å². The van der Waals surface area contributed by atoms with Crippen LogP contribution >= 0.6 is 0 Å². The second-order valence-corrected chi connectivity index (χ2v) is 7.41. The van der Waals surface area contributed by atoms with Crippen LogP contribution in [0.15, 0.2) is 48.5 Å². The van der Waals surface area contributed by atoms with Crippen molar-refractivity contribution in [1.29, 1.82) is 0 Å². The Morgan fingerprint density at radius 3 is 2.59 bits per heavy atom. The van der Waals surface area contributed by atoms with Crippen LogP contribution in [0, 0.1) is 0 Å². The van der Waals surface area contributed by atoms with Gasteiger partial charge in [0, 0.05) is 26.6 Å². The zero-order chi connectivity index (χ0) is 19.4. The van der Waals surface area contributed by atoms with Gasteiger partial charge in [0.2, 0.25) is 5.91 Å². The number of fused-ring (bicyclic) bond motifs is 1. The zero-order valence-electron chi connectivity index (χ0n) is 16.7. The molecule has 1 atom stereocenters. The lowest BCUT2D eigenvalue weighted by atomic mass is 10.1. The molecule has 3 rings (SSSR count). The van der Waals surface area contributed by atoms with Crippen molar-refractivity contribution >= 4 is 17.3 Å². The number of anilines is 2. The number of para-hydroxylation sites is 2. The average Bonchev–Trinajstić information content (AvgIpc) is 2.61. The molecule has 0 saturated carbocycles. The van der Waals surface area contributed by atoms with Crippen molar-refractivity contribution in [1.82, 2.24) is 4.90 Å². The normalized spacial score (nSPS) is 16.4. The molecule has 5 heteroatoms. The second kappa shape index (κ2) is 8.44. The van der Waals surface area contributed by atoms with E-state index < -0.39 is 0 Å². The largest absolute Gasteiger partial charge is 0.492 e. The van der Waals surface area contributed by atoms with Gasteiger partial charge >= 0.3 is 0 Å². The van der Waals surface area contributed by atoms with E-state index in [0.29, 0.717) is 6.61 Å². The van der Waals surface area contributed by atoms with Crippen LogP contribution in [0.5, 0.6) is 5.75 Å². The maximum absolute atomic E-state index is 12.1. The van der Waals surface area contributed by atoms with E-state index in [9.17, 15) is 4.79 Å². The molecule has 0 aromatic heterocycles. The Balaban J connectivity index is 1.77. The first-order valence-electron chi connectivity index (χ1n) is 9.46. The van der Waals surface area contributed by atoms with E-state index in [-0.39, 0.29) is 11.9 Å². The quantitative estimate of drug-likeness (QED) is 0.784. The molecular weight excluding hydrogens is 338 g/mol. The summed E-state index contributed by atoms with van der Waals surface area (Å²) in [6, 6.07) is 16.6. The summed E-state index contributed by atoms with van der Waals surface area (Å²) in [5.41, 5.74) is 3.29. The van der Waals surface area contributed by atoms with E-state index in [4.69, 9.17) is 4.74 Å². The van der Waals surface area contributed by atoms with Gasteiger partial charge in [0.25, 0.3) is 0 Å². The number of ether oxygens (including phenoxy) is 1. The summed E-state index contributed by atoms with van der Waals surface area (Å²) in [4.78, 5) is 18.5. The van der Waals surface area contributed by atoms with E-state index in [1.165, 1.54) is 5.56 Å². The highest BCUT2D eigenvalue weighted by Crippen LogP contribution is 2.36. The highest BCUT2D eigenvalue weighted by Gasteiger charge is 2.30. The third kappa shape index (κ3) is 4.61. The summed E-state index contributed by atoms with van der Waals surface area (Å²) in [6.07, 6.45) is 0. The third-order valence-electron chi connectivity index (χ3n) is 4.83. The van der Waals surface area contributed by atoms with E-state index in [1.54, 1.807) is 6.92 Å². The Kier molecular flexibility index (Phi) is 6.01. The number of nitrogens with zero attached hydrogens (tertiary/aromatic N) is 3. The van der Waals surface area contributed by atoms with Gasteiger partial charge in [-0.3, -0.25) is 4.79 Å². The number of rotatable bonds is 6. The lowest BCUT2D eigenvalue weighted by molar-refractivity contribution is -0.117. The summed E-state index contributed by atoms with van der Waals surface area (Å²) < 4.78 is 5.87. The molecule has 0 saturated heterocycles. The van der Waals surface area contributed by atoms with Gasteiger partial charge in [-0.05, 0) is 50.8 Å². The van der Waals surface area contributed by atoms with Gasteiger partial charge in [0.1, 0.15) is 12.4 Å². The van der Waals surface area contributed by atoms with Gasteiger partial charge < -0.3 is 19.4 Å². The summed E-state index contributed by atoms with van der Waals surface area (Å²) in [7, 11) is 4.08. The fourth-order valence-corrected chi connectivity index (χ4v) is 3.60. The van der Waals surface area contributed by atoms with E-state index in [2.05, 4.69) is 34.9 Å². The molecule has 144 valence electrons. The lowest BCUT2D eigenvalue weighted by Crippen LogP contribution is -2.49. The fourth-order valence-electron chi connectivity index (χ4n) is 3.60. The smallest absolute Gasteiger partial charge is 0.224 e. The van der Waals surface area contributed by atoms with Gasteiger partial charge in [-0.2, -0.15) is 0 Å². The second-order valence-electron chi connectivity index (χ2n) is 7.41. The number of carbonyl (C=O) groups excluding carboxylic acids is 1. The van der Waals surface area contributed by atoms with Crippen molar-refractivity contribution in [3.05, 3.63) is 54.1 Å². The van der Waals surface area contributed by atoms with Gasteiger partial charge in [0.15, 0.2) is 0 Å². The molecule has 5 nitrogen and oxygen atoms in total.